The second-order valence-electron chi connectivity index (χ2n) is 4.27. The van der Waals surface area contributed by atoms with Crippen molar-refractivity contribution in [1.29, 1.82) is 0 Å². The Morgan fingerprint density at radius 3 is 3.12 bits per heavy atom. The van der Waals surface area contributed by atoms with Crippen LogP contribution in [0.25, 0.3) is 0 Å². The van der Waals surface area contributed by atoms with Gasteiger partial charge in [0.2, 0.25) is 0 Å². The maximum absolute atomic E-state index is 8.92. The van der Waals surface area contributed by atoms with E-state index in [1.54, 1.807) is 7.11 Å². The fraction of sp³-hybridized carbons (Fsp3) is 0.727. The third-order valence-electron chi connectivity index (χ3n) is 3.16. The molecule has 1 fully saturated rings. The SMILES string of the molecule is COC1CN(c2nc(CO)co2)CCC1C. The van der Waals surface area contributed by atoms with Crippen molar-refractivity contribution < 1.29 is 14.3 Å². The van der Waals surface area contributed by atoms with Gasteiger partial charge in [0, 0.05) is 20.2 Å². The van der Waals surface area contributed by atoms with E-state index in [0.29, 0.717) is 17.6 Å². The van der Waals surface area contributed by atoms with Crippen molar-refractivity contribution in [3.63, 3.8) is 0 Å². The van der Waals surface area contributed by atoms with E-state index in [2.05, 4.69) is 16.8 Å². The van der Waals surface area contributed by atoms with Crippen LogP contribution >= 0.6 is 0 Å². The van der Waals surface area contributed by atoms with Gasteiger partial charge in [-0.2, -0.15) is 4.98 Å². The molecule has 1 aromatic heterocycles. The number of rotatable bonds is 3. The minimum Gasteiger partial charge on any atom is -0.432 e. The molecule has 1 saturated heterocycles. The molecule has 5 heteroatoms. The van der Waals surface area contributed by atoms with Crippen molar-refractivity contribution in [3.05, 3.63) is 12.0 Å². The summed E-state index contributed by atoms with van der Waals surface area (Å²) in [6.07, 6.45) is 2.78. The zero-order chi connectivity index (χ0) is 11.5. The summed E-state index contributed by atoms with van der Waals surface area (Å²) >= 11 is 0. The lowest BCUT2D eigenvalue weighted by Crippen LogP contribution is -2.44. The first kappa shape index (κ1) is 11.4. The summed E-state index contributed by atoms with van der Waals surface area (Å²) in [5.74, 6) is 0.563. The maximum Gasteiger partial charge on any atom is 0.297 e. The van der Waals surface area contributed by atoms with Crippen LogP contribution in [0.15, 0.2) is 10.7 Å². The van der Waals surface area contributed by atoms with Crippen LogP contribution in [0.4, 0.5) is 6.01 Å². The lowest BCUT2D eigenvalue weighted by molar-refractivity contribution is 0.0486. The number of aliphatic hydroxyl groups is 1. The zero-order valence-electron chi connectivity index (χ0n) is 9.72. The van der Waals surface area contributed by atoms with Gasteiger partial charge in [0.1, 0.15) is 12.0 Å². The molecule has 2 heterocycles. The fourth-order valence-corrected chi connectivity index (χ4v) is 2.03. The van der Waals surface area contributed by atoms with Gasteiger partial charge in [-0.1, -0.05) is 6.92 Å². The number of ether oxygens (including phenoxy) is 1. The van der Waals surface area contributed by atoms with Crippen LogP contribution < -0.4 is 4.90 Å². The Morgan fingerprint density at radius 2 is 2.50 bits per heavy atom. The van der Waals surface area contributed by atoms with Gasteiger partial charge in [-0.15, -0.1) is 0 Å². The van der Waals surface area contributed by atoms with Gasteiger partial charge in [-0.05, 0) is 12.3 Å². The second-order valence-corrected chi connectivity index (χ2v) is 4.27. The third kappa shape index (κ3) is 2.20. The van der Waals surface area contributed by atoms with Crippen LogP contribution in [-0.4, -0.2) is 36.4 Å². The summed E-state index contributed by atoms with van der Waals surface area (Å²) < 4.78 is 10.8. The quantitative estimate of drug-likeness (QED) is 0.834. The smallest absolute Gasteiger partial charge is 0.297 e. The average Bonchev–Trinajstić information content (AvgIpc) is 2.78. The predicted molar refractivity (Wildman–Crippen MR) is 59.2 cm³/mol. The summed E-state index contributed by atoms with van der Waals surface area (Å²) in [6, 6.07) is 0.581. The van der Waals surface area contributed by atoms with Gasteiger partial charge >= 0.3 is 0 Å². The minimum atomic E-state index is -0.0819. The highest BCUT2D eigenvalue weighted by Gasteiger charge is 2.28. The molecule has 1 N–H and O–H groups in total. The number of hydrogen-bond donors (Lipinski definition) is 1. The molecule has 1 aromatic rings. The largest absolute Gasteiger partial charge is 0.432 e. The molecule has 90 valence electrons. The molecule has 2 atom stereocenters. The van der Waals surface area contributed by atoms with Gasteiger partial charge in [0.05, 0.1) is 12.7 Å². The number of methoxy groups -OCH3 is 1. The molecular weight excluding hydrogens is 208 g/mol. The summed E-state index contributed by atoms with van der Waals surface area (Å²) in [4.78, 5) is 6.26. The van der Waals surface area contributed by atoms with Gasteiger partial charge in [0.15, 0.2) is 0 Å². The molecule has 1 aliphatic heterocycles. The lowest BCUT2D eigenvalue weighted by atomic mass is 9.96. The van der Waals surface area contributed by atoms with Gasteiger partial charge in [-0.3, -0.25) is 0 Å². The summed E-state index contributed by atoms with van der Waals surface area (Å²) in [7, 11) is 1.74. The van der Waals surface area contributed by atoms with E-state index in [1.165, 1.54) is 6.26 Å². The van der Waals surface area contributed by atoms with E-state index in [1.807, 2.05) is 0 Å². The lowest BCUT2D eigenvalue weighted by Gasteiger charge is -2.35. The van der Waals surface area contributed by atoms with Crippen LogP contribution in [0, 0.1) is 5.92 Å². The van der Waals surface area contributed by atoms with E-state index < -0.39 is 0 Å². The topological polar surface area (TPSA) is 58.7 Å². The molecule has 2 rings (SSSR count). The maximum atomic E-state index is 8.92. The van der Waals surface area contributed by atoms with Gasteiger partial charge in [-0.25, -0.2) is 0 Å². The van der Waals surface area contributed by atoms with Gasteiger partial charge < -0.3 is 19.2 Å². The van der Waals surface area contributed by atoms with E-state index in [0.717, 1.165) is 19.5 Å². The van der Waals surface area contributed by atoms with E-state index >= 15 is 0 Å². The van der Waals surface area contributed by atoms with Crippen molar-refractivity contribution in [1.82, 2.24) is 4.98 Å². The molecule has 16 heavy (non-hydrogen) atoms. The molecule has 0 amide bonds. The van der Waals surface area contributed by atoms with E-state index in [9.17, 15) is 0 Å². The van der Waals surface area contributed by atoms with Crippen molar-refractivity contribution in [3.8, 4) is 0 Å². The minimum absolute atomic E-state index is 0.0819. The molecule has 0 radical (unpaired) electrons. The Balaban J connectivity index is 2.05. The summed E-state index contributed by atoms with van der Waals surface area (Å²) in [5, 5.41) is 8.92. The second kappa shape index (κ2) is 4.84. The Bertz CT molecular complexity index is 340. The van der Waals surface area contributed by atoms with Crippen molar-refractivity contribution >= 4 is 6.01 Å². The monoisotopic (exact) mass is 226 g/mol. The van der Waals surface area contributed by atoms with Crippen LogP contribution in [0.3, 0.4) is 0 Å². The number of piperidine rings is 1. The van der Waals surface area contributed by atoms with Crippen LogP contribution in [0.2, 0.25) is 0 Å². The highest BCUT2D eigenvalue weighted by atomic mass is 16.5. The Morgan fingerprint density at radius 1 is 1.69 bits per heavy atom. The molecular formula is C11H18N2O3. The number of aromatic nitrogens is 1. The molecule has 0 spiro atoms. The zero-order valence-corrected chi connectivity index (χ0v) is 9.72. The number of nitrogens with zero attached hydrogens (tertiary/aromatic N) is 2. The molecule has 5 nitrogen and oxygen atoms in total. The number of aliphatic hydroxyl groups excluding tert-OH is 1. The molecule has 0 aliphatic carbocycles. The van der Waals surface area contributed by atoms with E-state index in [-0.39, 0.29) is 12.7 Å². The summed E-state index contributed by atoms with van der Waals surface area (Å²) in [5.41, 5.74) is 0.572. The predicted octanol–water partition coefficient (Wildman–Crippen LogP) is 1.03. The highest BCUT2D eigenvalue weighted by Crippen LogP contribution is 2.24. The fourth-order valence-electron chi connectivity index (χ4n) is 2.03. The van der Waals surface area contributed by atoms with Crippen LogP contribution in [0.5, 0.6) is 0 Å². The van der Waals surface area contributed by atoms with Crippen molar-refractivity contribution in [2.24, 2.45) is 5.92 Å². The molecule has 1 aliphatic rings. The first-order valence-electron chi connectivity index (χ1n) is 5.57. The molecule has 0 aromatic carbocycles. The normalized spacial score (nSPS) is 26.1. The number of hydrogen-bond acceptors (Lipinski definition) is 5. The highest BCUT2D eigenvalue weighted by molar-refractivity contribution is 5.28. The first-order chi connectivity index (χ1) is 7.74. The van der Waals surface area contributed by atoms with Crippen LogP contribution in [-0.2, 0) is 11.3 Å². The standard InChI is InChI=1S/C11H18N2O3/c1-8-3-4-13(5-10(8)15-2)11-12-9(6-14)7-16-11/h7-8,10,14H,3-6H2,1-2H3. The molecule has 0 bridgehead atoms. The summed E-state index contributed by atoms with van der Waals surface area (Å²) in [6.45, 7) is 3.83. The number of anilines is 1. The molecule has 2 unspecified atom stereocenters. The van der Waals surface area contributed by atoms with Crippen molar-refractivity contribution in [2.75, 3.05) is 25.1 Å². The first-order valence-corrected chi connectivity index (χ1v) is 5.57. The van der Waals surface area contributed by atoms with Crippen molar-refractivity contribution in [2.45, 2.75) is 26.1 Å². The molecule has 0 saturated carbocycles. The average molecular weight is 226 g/mol. The van der Waals surface area contributed by atoms with Gasteiger partial charge in [0.25, 0.3) is 6.01 Å². The Hall–Kier alpha value is -1.07. The van der Waals surface area contributed by atoms with Crippen LogP contribution in [0.1, 0.15) is 19.0 Å². The van der Waals surface area contributed by atoms with E-state index in [4.69, 9.17) is 14.3 Å². The Kier molecular flexibility index (Phi) is 3.46. The Labute approximate surface area is 95.0 Å². The number of oxazole rings is 1. The third-order valence-corrected chi connectivity index (χ3v) is 3.16.